The number of hydrogen-bond acceptors (Lipinski definition) is 3. The van der Waals surface area contributed by atoms with Crippen molar-refractivity contribution in [1.29, 1.82) is 0 Å². The molecule has 0 aliphatic rings. The predicted molar refractivity (Wildman–Crippen MR) is 72.2 cm³/mol. The lowest BCUT2D eigenvalue weighted by atomic mass is 10.1. The molecule has 18 heavy (non-hydrogen) atoms. The number of unbranched alkanes of at least 4 members (excludes halogenated alkanes) is 5. The molecule has 0 aliphatic carbocycles. The summed E-state index contributed by atoms with van der Waals surface area (Å²) in [7, 11) is 0. The number of carbonyl (C=O) groups excluding carboxylic acids is 2. The van der Waals surface area contributed by atoms with Gasteiger partial charge in [-0.15, -0.1) is 0 Å². The highest BCUT2D eigenvalue weighted by Gasteiger charge is 1.98. The van der Waals surface area contributed by atoms with Crippen LogP contribution >= 0.6 is 0 Å². The number of esters is 1. The molecule has 4 nitrogen and oxygen atoms in total. The van der Waals surface area contributed by atoms with E-state index >= 15 is 0 Å². The second-order valence-electron chi connectivity index (χ2n) is 4.14. The van der Waals surface area contributed by atoms with E-state index in [4.69, 9.17) is 0 Å². The number of nitrogens with one attached hydrogen (secondary N) is 1. The van der Waals surface area contributed by atoms with Crippen molar-refractivity contribution in [3.8, 4) is 0 Å². The van der Waals surface area contributed by atoms with Crippen LogP contribution in [0.2, 0.25) is 0 Å². The number of amides is 1. The molecule has 0 radical (unpaired) electrons. The maximum absolute atomic E-state index is 11.3. The van der Waals surface area contributed by atoms with Crippen molar-refractivity contribution < 1.29 is 14.3 Å². The molecule has 1 amide bonds. The molecule has 0 rings (SSSR count). The van der Waals surface area contributed by atoms with Gasteiger partial charge in [0.1, 0.15) is 0 Å². The van der Waals surface area contributed by atoms with Gasteiger partial charge in [-0.25, -0.2) is 4.79 Å². The van der Waals surface area contributed by atoms with Gasteiger partial charge in [-0.1, -0.05) is 39.0 Å². The third-order valence-corrected chi connectivity index (χ3v) is 2.49. The minimum absolute atomic E-state index is 0.239. The molecule has 0 fully saturated rings. The van der Waals surface area contributed by atoms with E-state index in [9.17, 15) is 9.59 Å². The van der Waals surface area contributed by atoms with Gasteiger partial charge >= 0.3 is 5.97 Å². The van der Waals surface area contributed by atoms with Crippen molar-refractivity contribution in [2.24, 2.45) is 0 Å². The molecule has 1 N–H and O–H groups in total. The highest BCUT2D eigenvalue weighted by molar-refractivity contribution is 5.94. The van der Waals surface area contributed by atoms with Crippen molar-refractivity contribution >= 4 is 11.9 Å². The summed E-state index contributed by atoms with van der Waals surface area (Å²) in [6.45, 7) is 4.90. The van der Waals surface area contributed by atoms with Crippen molar-refractivity contribution in [1.82, 2.24) is 5.32 Å². The molecule has 0 aromatic rings. The van der Waals surface area contributed by atoms with Crippen LogP contribution in [-0.4, -0.2) is 25.0 Å². The zero-order valence-electron chi connectivity index (χ0n) is 11.5. The lowest BCUT2D eigenvalue weighted by Crippen LogP contribution is -2.22. The Labute approximate surface area is 110 Å². The van der Waals surface area contributed by atoms with Crippen LogP contribution in [0.3, 0.4) is 0 Å². The first kappa shape index (κ1) is 16.7. The van der Waals surface area contributed by atoms with E-state index in [1.165, 1.54) is 31.8 Å². The van der Waals surface area contributed by atoms with Crippen LogP contribution in [0.25, 0.3) is 0 Å². The fourth-order valence-electron chi connectivity index (χ4n) is 1.51. The number of rotatable bonds is 10. The van der Waals surface area contributed by atoms with Crippen LogP contribution in [0.15, 0.2) is 12.2 Å². The molecule has 0 bridgehead atoms. The fraction of sp³-hybridized carbons (Fsp3) is 0.714. The quantitative estimate of drug-likeness (QED) is 0.371. The van der Waals surface area contributed by atoms with E-state index in [0.717, 1.165) is 18.9 Å². The Balaban J connectivity index is 3.45. The second-order valence-corrected chi connectivity index (χ2v) is 4.14. The summed E-state index contributed by atoms with van der Waals surface area (Å²) in [5.41, 5.74) is 0. The van der Waals surface area contributed by atoms with E-state index in [2.05, 4.69) is 17.0 Å². The molecule has 0 aliphatic heterocycles. The van der Waals surface area contributed by atoms with Crippen molar-refractivity contribution in [3.63, 3.8) is 0 Å². The molecule has 4 heteroatoms. The molecule has 0 spiro atoms. The average Bonchev–Trinajstić information content (AvgIpc) is 2.35. The third-order valence-electron chi connectivity index (χ3n) is 2.49. The predicted octanol–water partition coefficient (Wildman–Crippen LogP) is 2.58. The summed E-state index contributed by atoms with van der Waals surface area (Å²) in [6, 6.07) is 0. The summed E-state index contributed by atoms with van der Waals surface area (Å²) >= 11 is 0. The highest BCUT2D eigenvalue weighted by atomic mass is 16.5. The smallest absolute Gasteiger partial charge is 0.330 e. The molecule has 0 aromatic heterocycles. The van der Waals surface area contributed by atoms with Gasteiger partial charge in [-0.05, 0) is 13.3 Å². The van der Waals surface area contributed by atoms with Gasteiger partial charge in [0.2, 0.25) is 5.91 Å². The lowest BCUT2D eigenvalue weighted by molar-refractivity contribution is -0.137. The van der Waals surface area contributed by atoms with Crippen LogP contribution in [-0.2, 0) is 14.3 Å². The Bertz CT molecular complexity index is 262. The second kappa shape index (κ2) is 12.1. The summed E-state index contributed by atoms with van der Waals surface area (Å²) in [5.74, 6) is -0.719. The fourth-order valence-corrected chi connectivity index (χ4v) is 1.51. The van der Waals surface area contributed by atoms with Gasteiger partial charge in [-0.3, -0.25) is 4.79 Å². The molecule has 0 heterocycles. The summed E-state index contributed by atoms with van der Waals surface area (Å²) in [6.07, 6.45) is 9.53. The number of carbonyl (C=O) groups is 2. The van der Waals surface area contributed by atoms with Gasteiger partial charge < -0.3 is 10.1 Å². The normalized spacial score (nSPS) is 10.6. The van der Waals surface area contributed by atoms with Gasteiger partial charge in [0.05, 0.1) is 6.61 Å². The SMILES string of the molecule is CCCCCCCCNC(=O)C=CC(=O)OCC. The van der Waals surface area contributed by atoms with Crippen LogP contribution < -0.4 is 5.32 Å². The number of hydrogen-bond donors (Lipinski definition) is 1. The van der Waals surface area contributed by atoms with Crippen LogP contribution in [0, 0.1) is 0 Å². The molecular formula is C14H25NO3. The van der Waals surface area contributed by atoms with E-state index in [-0.39, 0.29) is 5.91 Å². The largest absolute Gasteiger partial charge is 0.463 e. The zero-order chi connectivity index (χ0) is 13.6. The van der Waals surface area contributed by atoms with E-state index in [1.807, 2.05) is 0 Å². The minimum Gasteiger partial charge on any atom is -0.463 e. The number of ether oxygens (including phenoxy) is 1. The van der Waals surface area contributed by atoms with Crippen molar-refractivity contribution in [2.75, 3.05) is 13.2 Å². The molecule has 0 aromatic carbocycles. The topological polar surface area (TPSA) is 55.4 Å². The maximum atomic E-state index is 11.3. The molecule has 0 atom stereocenters. The van der Waals surface area contributed by atoms with Gasteiger partial charge in [0.15, 0.2) is 0 Å². The van der Waals surface area contributed by atoms with E-state index in [0.29, 0.717) is 13.2 Å². The van der Waals surface area contributed by atoms with Crippen LogP contribution in [0.1, 0.15) is 52.4 Å². The van der Waals surface area contributed by atoms with E-state index < -0.39 is 5.97 Å². The van der Waals surface area contributed by atoms with Crippen molar-refractivity contribution in [3.05, 3.63) is 12.2 Å². The van der Waals surface area contributed by atoms with E-state index in [1.54, 1.807) is 6.92 Å². The lowest BCUT2D eigenvalue weighted by Gasteiger charge is -2.02. The molecule has 0 unspecified atom stereocenters. The first-order valence-electron chi connectivity index (χ1n) is 6.83. The zero-order valence-corrected chi connectivity index (χ0v) is 11.5. The summed E-state index contributed by atoms with van der Waals surface area (Å²) in [5, 5.41) is 2.74. The third kappa shape index (κ3) is 11.2. The van der Waals surface area contributed by atoms with Crippen LogP contribution in [0.5, 0.6) is 0 Å². The first-order valence-corrected chi connectivity index (χ1v) is 6.83. The molecule has 0 saturated carbocycles. The van der Waals surface area contributed by atoms with Gasteiger partial charge in [0.25, 0.3) is 0 Å². The Morgan fingerprint density at radius 3 is 2.33 bits per heavy atom. The Hall–Kier alpha value is -1.32. The summed E-state index contributed by atoms with van der Waals surface area (Å²) in [4.78, 5) is 22.2. The van der Waals surface area contributed by atoms with Gasteiger partial charge in [0, 0.05) is 18.7 Å². The van der Waals surface area contributed by atoms with Crippen LogP contribution in [0.4, 0.5) is 0 Å². The maximum Gasteiger partial charge on any atom is 0.330 e. The highest BCUT2D eigenvalue weighted by Crippen LogP contribution is 2.03. The summed E-state index contributed by atoms with van der Waals surface area (Å²) < 4.78 is 4.67. The Kier molecular flexibility index (Phi) is 11.3. The molecular weight excluding hydrogens is 230 g/mol. The Morgan fingerprint density at radius 1 is 1.00 bits per heavy atom. The monoisotopic (exact) mass is 255 g/mol. The van der Waals surface area contributed by atoms with Crippen molar-refractivity contribution in [2.45, 2.75) is 52.4 Å². The molecule has 0 saturated heterocycles. The average molecular weight is 255 g/mol. The van der Waals surface area contributed by atoms with Gasteiger partial charge in [-0.2, -0.15) is 0 Å². The minimum atomic E-state index is -0.479. The first-order chi connectivity index (χ1) is 8.70. The molecule has 104 valence electrons. The Morgan fingerprint density at radius 2 is 1.67 bits per heavy atom. The standard InChI is InChI=1S/C14H25NO3/c1-3-5-6-7-8-9-12-15-13(16)10-11-14(17)18-4-2/h10-11H,3-9,12H2,1-2H3,(H,15,16).